The molecule has 0 aromatic rings. The van der Waals surface area contributed by atoms with Crippen LogP contribution in [0.4, 0.5) is 0 Å². The second kappa shape index (κ2) is 62.8. The van der Waals surface area contributed by atoms with Gasteiger partial charge in [-0.3, -0.25) is 37.3 Å². The molecule has 0 aliphatic rings. The molecular formula is C72H140O17P2. The zero-order valence-corrected chi connectivity index (χ0v) is 61.1. The first-order chi connectivity index (χ1) is 43.8. The van der Waals surface area contributed by atoms with Gasteiger partial charge in [-0.2, -0.15) is 0 Å². The summed E-state index contributed by atoms with van der Waals surface area (Å²) in [7, 11) is -9.91. The lowest BCUT2D eigenvalue weighted by atomic mass is 9.99. The third kappa shape index (κ3) is 63.9. The molecule has 0 aromatic carbocycles. The predicted octanol–water partition coefficient (Wildman–Crippen LogP) is 20.6. The molecule has 0 fully saturated rings. The van der Waals surface area contributed by atoms with Gasteiger partial charge in [0, 0.05) is 25.7 Å². The molecule has 0 amide bonds. The number of carbonyl (C=O) groups excluding carboxylic acids is 4. The van der Waals surface area contributed by atoms with E-state index in [4.69, 9.17) is 37.0 Å². The number of esters is 4. The normalized spacial score (nSPS) is 14.8. The van der Waals surface area contributed by atoms with E-state index in [1.807, 2.05) is 0 Å². The minimum atomic E-state index is -4.95. The number of phosphoric ester groups is 2. The molecule has 0 aliphatic carbocycles. The van der Waals surface area contributed by atoms with Crippen molar-refractivity contribution in [3.8, 4) is 0 Å². The van der Waals surface area contributed by atoms with Crippen molar-refractivity contribution in [3.63, 3.8) is 0 Å². The molecule has 3 N–H and O–H groups in total. The third-order valence-electron chi connectivity index (χ3n) is 17.4. The van der Waals surface area contributed by atoms with Crippen LogP contribution in [0.5, 0.6) is 0 Å². The van der Waals surface area contributed by atoms with Crippen molar-refractivity contribution >= 4 is 39.5 Å². The number of hydrogen-bond donors (Lipinski definition) is 3. The molecule has 0 heterocycles. The van der Waals surface area contributed by atoms with Crippen LogP contribution in [0.2, 0.25) is 0 Å². The van der Waals surface area contributed by atoms with E-state index < -0.39 is 97.5 Å². The van der Waals surface area contributed by atoms with Gasteiger partial charge in [0.1, 0.15) is 19.3 Å². The second-order valence-corrected chi connectivity index (χ2v) is 29.8. The van der Waals surface area contributed by atoms with E-state index in [2.05, 4.69) is 48.5 Å². The maximum absolute atomic E-state index is 13.0. The van der Waals surface area contributed by atoms with Gasteiger partial charge in [0.05, 0.1) is 26.4 Å². The van der Waals surface area contributed by atoms with E-state index >= 15 is 0 Å². The lowest BCUT2D eigenvalue weighted by Gasteiger charge is -2.21. The Morgan fingerprint density at radius 2 is 0.560 bits per heavy atom. The molecule has 17 nitrogen and oxygen atoms in total. The minimum Gasteiger partial charge on any atom is -0.462 e. The maximum Gasteiger partial charge on any atom is 0.472 e. The van der Waals surface area contributed by atoms with Crippen molar-refractivity contribution in [2.45, 2.75) is 381 Å². The summed E-state index contributed by atoms with van der Waals surface area (Å²) in [6.45, 7) is 11.8. The van der Waals surface area contributed by atoms with Crippen LogP contribution in [0, 0.1) is 17.8 Å². The van der Waals surface area contributed by atoms with Crippen molar-refractivity contribution in [2.75, 3.05) is 39.6 Å². The predicted molar refractivity (Wildman–Crippen MR) is 368 cm³/mol. The topological polar surface area (TPSA) is 237 Å². The highest BCUT2D eigenvalue weighted by Gasteiger charge is 2.30. The van der Waals surface area contributed by atoms with Crippen molar-refractivity contribution in [1.29, 1.82) is 0 Å². The first kappa shape index (κ1) is 89.1. The molecule has 0 saturated carbocycles. The fraction of sp³-hybridized carbons (Fsp3) is 0.944. The van der Waals surface area contributed by atoms with Crippen molar-refractivity contribution < 1.29 is 80.2 Å². The van der Waals surface area contributed by atoms with Crippen molar-refractivity contribution in [3.05, 3.63) is 0 Å². The number of rotatable bonds is 70. The summed E-state index contributed by atoms with van der Waals surface area (Å²) in [6.07, 6.45) is 47.2. The highest BCUT2D eigenvalue weighted by Crippen LogP contribution is 2.45. The Balaban J connectivity index is 5.25. The van der Waals surface area contributed by atoms with Gasteiger partial charge in [0.15, 0.2) is 12.2 Å². The number of hydrogen-bond acceptors (Lipinski definition) is 15. The van der Waals surface area contributed by atoms with Crippen LogP contribution in [0.1, 0.15) is 363 Å². The third-order valence-corrected chi connectivity index (χ3v) is 19.3. The quantitative estimate of drug-likeness (QED) is 0.0222. The Labute approximate surface area is 556 Å². The number of aliphatic hydroxyl groups is 1. The zero-order chi connectivity index (χ0) is 67.3. The summed E-state index contributed by atoms with van der Waals surface area (Å²) in [5.74, 6) is 0.126. The van der Waals surface area contributed by atoms with Gasteiger partial charge < -0.3 is 33.8 Å². The number of carbonyl (C=O) groups is 4. The van der Waals surface area contributed by atoms with Gasteiger partial charge in [-0.05, 0) is 43.4 Å². The number of aliphatic hydroxyl groups excluding tert-OH is 1. The van der Waals surface area contributed by atoms with Gasteiger partial charge in [-0.1, -0.05) is 312 Å². The molecule has 0 spiro atoms. The highest BCUT2D eigenvalue weighted by molar-refractivity contribution is 7.47. The summed E-state index contributed by atoms with van der Waals surface area (Å²) in [5.41, 5.74) is 0. The summed E-state index contributed by atoms with van der Waals surface area (Å²) >= 11 is 0. The molecule has 0 saturated heterocycles. The molecule has 0 aromatic heterocycles. The largest absolute Gasteiger partial charge is 0.472 e. The number of ether oxygens (including phenoxy) is 4. The summed E-state index contributed by atoms with van der Waals surface area (Å²) in [4.78, 5) is 72.6. The van der Waals surface area contributed by atoms with Crippen LogP contribution in [0.3, 0.4) is 0 Å². The van der Waals surface area contributed by atoms with E-state index in [1.165, 1.54) is 167 Å². The fourth-order valence-corrected chi connectivity index (χ4v) is 12.4. The van der Waals surface area contributed by atoms with Gasteiger partial charge >= 0.3 is 39.5 Å². The summed E-state index contributed by atoms with van der Waals surface area (Å²) < 4.78 is 68.4. The zero-order valence-electron chi connectivity index (χ0n) is 59.3. The first-order valence-corrected chi connectivity index (χ1v) is 40.4. The van der Waals surface area contributed by atoms with E-state index in [0.29, 0.717) is 31.6 Å². The van der Waals surface area contributed by atoms with Crippen LogP contribution in [-0.2, 0) is 65.4 Å². The monoisotopic (exact) mass is 1340 g/mol. The summed E-state index contributed by atoms with van der Waals surface area (Å²) in [6, 6.07) is 0. The molecule has 19 heteroatoms. The van der Waals surface area contributed by atoms with Crippen LogP contribution < -0.4 is 0 Å². The number of unbranched alkanes of at least 4 members (excludes halogenated alkanes) is 36. The average molecular weight is 1340 g/mol. The van der Waals surface area contributed by atoms with Crippen LogP contribution >= 0.6 is 15.6 Å². The molecule has 0 aliphatic heterocycles. The van der Waals surface area contributed by atoms with E-state index in [-0.39, 0.29) is 25.7 Å². The lowest BCUT2D eigenvalue weighted by molar-refractivity contribution is -0.161. The molecule has 0 rings (SSSR count). The Morgan fingerprint density at radius 1 is 0.319 bits per heavy atom. The molecule has 7 atom stereocenters. The van der Waals surface area contributed by atoms with Gasteiger partial charge in [0.2, 0.25) is 0 Å². The molecule has 4 unspecified atom stereocenters. The SMILES string of the molecule is CCCCCCCCCCCCCCCCCCCC(=O)O[C@H](COC(=O)CCCCCCCCCCC(C)CC)COP(=O)(O)OC[C@@H](O)COP(=O)(O)OC[C@@H](COC(=O)CCCCCCCCCC(C)C)OC(=O)CCCCCCCCCCC(C)CC. The van der Waals surface area contributed by atoms with Crippen LogP contribution in [-0.4, -0.2) is 96.7 Å². The standard InChI is InChI=1S/C72H140O17P2/c1-8-11-12-13-14-15-16-17-18-19-20-21-22-23-33-41-48-55-71(76)88-67(59-82-69(74)53-46-39-32-26-24-30-37-44-51-64(6)9-2)61-86-90(78,79)84-57-66(73)58-85-91(80,81)87-62-68(60-83-70(75)54-47-40-35-28-29-36-43-50-63(4)5)89-72(77)56-49-42-34-27-25-31-38-45-52-65(7)10-3/h63-68,73H,8-62H2,1-7H3,(H,78,79)(H,80,81)/t64?,65?,66-,67-,68-/m1/s1. The van der Waals surface area contributed by atoms with Crippen LogP contribution in [0.15, 0.2) is 0 Å². The van der Waals surface area contributed by atoms with Gasteiger partial charge in [-0.15, -0.1) is 0 Å². The maximum atomic E-state index is 13.0. The Hall–Kier alpha value is -1.94. The van der Waals surface area contributed by atoms with Gasteiger partial charge in [-0.25, -0.2) is 9.13 Å². The Kier molecular flexibility index (Phi) is 61.5. The smallest absolute Gasteiger partial charge is 0.462 e. The Bertz CT molecular complexity index is 1790. The molecule has 0 bridgehead atoms. The summed E-state index contributed by atoms with van der Waals surface area (Å²) in [5, 5.41) is 10.6. The highest BCUT2D eigenvalue weighted by atomic mass is 31.2. The average Bonchev–Trinajstić information content (AvgIpc) is 3.73. The van der Waals surface area contributed by atoms with E-state index in [1.54, 1.807) is 0 Å². The fourth-order valence-electron chi connectivity index (χ4n) is 10.8. The second-order valence-electron chi connectivity index (χ2n) is 26.9. The number of phosphoric acid groups is 2. The molecular weight excluding hydrogens is 1200 g/mol. The van der Waals surface area contributed by atoms with Gasteiger partial charge in [0.25, 0.3) is 0 Å². The first-order valence-electron chi connectivity index (χ1n) is 37.4. The Morgan fingerprint density at radius 3 is 0.835 bits per heavy atom. The van der Waals surface area contributed by atoms with Crippen molar-refractivity contribution in [1.82, 2.24) is 0 Å². The van der Waals surface area contributed by atoms with E-state index in [0.717, 1.165) is 108 Å². The molecule has 0 radical (unpaired) electrons. The van der Waals surface area contributed by atoms with Crippen LogP contribution in [0.25, 0.3) is 0 Å². The van der Waals surface area contributed by atoms with Crippen molar-refractivity contribution in [2.24, 2.45) is 17.8 Å². The lowest BCUT2D eigenvalue weighted by Crippen LogP contribution is -2.30. The van der Waals surface area contributed by atoms with E-state index in [9.17, 15) is 43.2 Å². The molecule has 540 valence electrons. The minimum absolute atomic E-state index is 0.104. The molecule has 91 heavy (non-hydrogen) atoms.